The lowest BCUT2D eigenvalue weighted by molar-refractivity contribution is -0.0381. The molecule has 6 nitrogen and oxygen atoms in total. The molecule has 1 aromatic carbocycles. The van der Waals surface area contributed by atoms with Crippen LogP contribution in [-0.2, 0) is 4.74 Å². The lowest BCUT2D eigenvalue weighted by Crippen LogP contribution is -2.48. The predicted octanol–water partition coefficient (Wildman–Crippen LogP) is 3.44. The number of likely N-dealkylation sites (N-methyl/N-ethyl adjacent to an activating group) is 1. The number of nitrogens with one attached hydrogen (secondary N) is 1. The first kappa shape index (κ1) is 19.2. The number of imidazole rings is 1. The summed E-state index contributed by atoms with van der Waals surface area (Å²) in [4.78, 5) is 19.6. The van der Waals surface area contributed by atoms with Gasteiger partial charge >= 0.3 is 0 Å². The van der Waals surface area contributed by atoms with Crippen LogP contribution in [0.4, 0.5) is 0 Å². The van der Waals surface area contributed by atoms with E-state index >= 15 is 0 Å². The number of carbonyl (C=O) groups excluding carboxylic acids is 1. The fourth-order valence-corrected chi connectivity index (χ4v) is 3.84. The first-order valence-electron chi connectivity index (χ1n) is 9.02. The molecule has 0 saturated carbocycles. The second-order valence-corrected chi connectivity index (χ2v) is 7.65. The highest BCUT2D eigenvalue weighted by Crippen LogP contribution is 2.25. The molecule has 1 aliphatic rings. The maximum atomic E-state index is 13.2. The molecule has 0 bridgehead atoms. The van der Waals surface area contributed by atoms with E-state index in [2.05, 4.69) is 15.2 Å². The van der Waals surface area contributed by atoms with Crippen molar-refractivity contribution >= 4 is 34.8 Å². The van der Waals surface area contributed by atoms with Gasteiger partial charge < -0.3 is 15.0 Å². The zero-order chi connectivity index (χ0) is 19.7. The zero-order valence-electron chi connectivity index (χ0n) is 15.3. The molecule has 28 heavy (non-hydrogen) atoms. The van der Waals surface area contributed by atoms with Crippen molar-refractivity contribution in [2.75, 3.05) is 26.7 Å². The number of amides is 1. The predicted molar refractivity (Wildman–Crippen MR) is 109 cm³/mol. The molecule has 1 fully saturated rings. The van der Waals surface area contributed by atoms with E-state index in [4.69, 9.17) is 27.9 Å². The summed E-state index contributed by atoms with van der Waals surface area (Å²) in [5, 5.41) is 3.91. The molecule has 2 aromatic heterocycles. The van der Waals surface area contributed by atoms with Gasteiger partial charge in [0.05, 0.1) is 18.8 Å². The first-order valence-corrected chi connectivity index (χ1v) is 9.77. The Balaban J connectivity index is 1.67. The molecule has 1 aliphatic heterocycles. The van der Waals surface area contributed by atoms with Gasteiger partial charge in [0, 0.05) is 24.3 Å². The van der Waals surface area contributed by atoms with Crippen molar-refractivity contribution in [3.05, 3.63) is 70.1 Å². The minimum absolute atomic E-state index is 0.167. The van der Waals surface area contributed by atoms with E-state index in [-0.39, 0.29) is 23.2 Å². The fourth-order valence-electron chi connectivity index (χ4n) is 3.45. The minimum Gasteiger partial charge on any atom is -0.373 e. The molecule has 0 spiro atoms. The first-order chi connectivity index (χ1) is 13.5. The minimum atomic E-state index is -0.349. The Morgan fingerprint density at radius 1 is 1.25 bits per heavy atom. The Kier molecular flexibility index (Phi) is 5.55. The third-order valence-corrected chi connectivity index (χ3v) is 5.40. The van der Waals surface area contributed by atoms with Crippen LogP contribution in [0.5, 0.6) is 0 Å². The lowest BCUT2D eigenvalue weighted by atomic mass is 9.99. The number of morpholine rings is 1. The smallest absolute Gasteiger partial charge is 0.272 e. The highest BCUT2D eigenvalue weighted by atomic mass is 35.5. The van der Waals surface area contributed by atoms with Crippen LogP contribution < -0.4 is 5.32 Å². The Hall–Kier alpha value is -2.12. The van der Waals surface area contributed by atoms with Gasteiger partial charge in [0.2, 0.25) is 0 Å². The number of fused-ring (bicyclic) bond motifs is 1. The van der Waals surface area contributed by atoms with E-state index in [0.717, 1.165) is 12.1 Å². The van der Waals surface area contributed by atoms with Crippen LogP contribution in [0.1, 0.15) is 22.1 Å². The third kappa shape index (κ3) is 3.86. The Morgan fingerprint density at radius 3 is 2.79 bits per heavy atom. The summed E-state index contributed by atoms with van der Waals surface area (Å²) in [5.41, 5.74) is 1.85. The van der Waals surface area contributed by atoms with Gasteiger partial charge in [0.25, 0.3) is 5.91 Å². The zero-order valence-corrected chi connectivity index (χ0v) is 16.8. The lowest BCUT2D eigenvalue weighted by Gasteiger charge is -2.35. The number of aromatic nitrogens is 2. The van der Waals surface area contributed by atoms with Gasteiger partial charge in [0.1, 0.15) is 5.65 Å². The highest BCUT2D eigenvalue weighted by Gasteiger charge is 2.31. The van der Waals surface area contributed by atoms with Gasteiger partial charge in [-0.05, 0) is 36.9 Å². The summed E-state index contributed by atoms with van der Waals surface area (Å²) in [5.74, 6) is -0.305. The molecule has 0 unspecified atom stereocenters. The monoisotopic (exact) mass is 418 g/mol. The van der Waals surface area contributed by atoms with Gasteiger partial charge in [-0.25, -0.2) is 4.98 Å². The molecule has 1 saturated heterocycles. The second kappa shape index (κ2) is 8.09. The van der Waals surface area contributed by atoms with E-state index in [1.54, 1.807) is 16.7 Å². The van der Waals surface area contributed by atoms with Crippen LogP contribution in [0.2, 0.25) is 10.2 Å². The number of benzene rings is 1. The summed E-state index contributed by atoms with van der Waals surface area (Å²) < 4.78 is 7.67. The van der Waals surface area contributed by atoms with Crippen LogP contribution in [0.15, 0.2) is 48.7 Å². The third-order valence-electron chi connectivity index (χ3n) is 4.89. The summed E-state index contributed by atoms with van der Waals surface area (Å²) in [7, 11) is 2.04. The molecular formula is C20H20Cl2N4O2. The normalized spacial score (nSPS) is 18.9. The number of ether oxygens (including phenoxy) is 1. The molecule has 3 aromatic rings. The van der Waals surface area contributed by atoms with Crippen molar-refractivity contribution in [1.29, 1.82) is 0 Å². The standard InChI is InChI=1S/C20H20Cl2N4O2/c1-25-10-11-28-15(12-25)17(13-5-7-14(21)8-6-13)24-20(27)18-19(22)23-16-4-2-3-9-26(16)18/h2-9,15,17H,10-12H2,1H3,(H,24,27)/t15-,17+/m1/s1. The van der Waals surface area contributed by atoms with Crippen LogP contribution >= 0.6 is 23.2 Å². The van der Waals surface area contributed by atoms with E-state index in [9.17, 15) is 4.79 Å². The van der Waals surface area contributed by atoms with Crippen LogP contribution in [-0.4, -0.2) is 53.0 Å². The largest absolute Gasteiger partial charge is 0.373 e. The second-order valence-electron chi connectivity index (χ2n) is 6.85. The van der Waals surface area contributed by atoms with Gasteiger partial charge in [-0.1, -0.05) is 41.4 Å². The number of hydrogen-bond acceptors (Lipinski definition) is 4. The molecule has 8 heteroatoms. The van der Waals surface area contributed by atoms with Crippen LogP contribution in [0.3, 0.4) is 0 Å². The molecule has 4 rings (SSSR count). The molecule has 146 valence electrons. The number of halogens is 2. The van der Waals surface area contributed by atoms with Crippen molar-refractivity contribution in [2.45, 2.75) is 12.1 Å². The number of pyridine rings is 1. The maximum Gasteiger partial charge on any atom is 0.272 e. The van der Waals surface area contributed by atoms with Gasteiger partial charge in [0.15, 0.2) is 10.8 Å². The van der Waals surface area contributed by atoms with E-state index < -0.39 is 0 Å². The number of rotatable bonds is 4. The van der Waals surface area contributed by atoms with Crippen LogP contribution in [0.25, 0.3) is 5.65 Å². The quantitative estimate of drug-likeness (QED) is 0.704. The average molecular weight is 419 g/mol. The average Bonchev–Trinajstić information content (AvgIpc) is 3.02. The molecule has 0 aliphatic carbocycles. The Labute approximate surface area is 173 Å². The molecule has 3 heterocycles. The topological polar surface area (TPSA) is 58.9 Å². The summed E-state index contributed by atoms with van der Waals surface area (Å²) in [6.07, 6.45) is 1.58. The SMILES string of the molecule is CN1CCO[C@@H]([C@@H](NC(=O)c2c(Cl)nc3ccccn23)c2ccc(Cl)cc2)C1. The number of carbonyl (C=O) groups is 1. The van der Waals surface area contributed by atoms with E-state index in [1.807, 2.05) is 43.4 Å². The van der Waals surface area contributed by atoms with Crippen molar-refractivity contribution in [2.24, 2.45) is 0 Å². The number of hydrogen-bond donors (Lipinski definition) is 1. The van der Waals surface area contributed by atoms with Crippen molar-refractivity contribution < 1.29 is 9.53 Å². The van der Waals surface area contributed by atoms with Crippen molar-refractivity contribution in [1.82, 2.24) is 19.6 Å². The fraction of sp³-hybridized carbons (Fsp3) is 0.300. The van der Waals surface area contributed by atoms with Gasteiger partial charge in [-0.15, -0.1) is 0 Å². The summed E-state index contributed by atoms with van der Waals surface area (Å²) >= 11 is 12.3. The molecular weight excluding hydrogens is 399 g/mol. The molecule has 0 radical (unpaired) electrons. The molecule has 1 amide bonds. The molecule has 2 atom stereocenters. The van der Waals surface area contributed by atoms with Crippen molar-refractivity contribution in [3.8, 4) is 0 Å². The number of nitrogens with zero attached hydrogens (tertiary/aromatic N) is 3. The van der Waals surface area contributed by atoms with E-state index in [1.165, 1.54) is 0 Å². The maximum absolute atomic E-state index is 13.2. The molecule has 1 N–H and O–H groups in total. The van der Waals surface area contributed by atoms with Crippen molar-refractivity contribution in [3.63, 3.8) is 0 Å². The Bertz CT molecular complexity index is 990. The summed E-state index contributed by atoms with van der Waals surface area (Å²) in [6.45, 7) is 2.17. The Morgan fingerprint density at radius 2 is 2.04 bits per heavy atom. The van der Waals surface area contributed by atoms with Gasteiger partial charge in [-0.3, -0.25) is 9.20 Å². The van der Waals surface area contributed by atoms with E-state index in [0.29, 0.717) is 29.5 Å². The van der Waals surface area contributed by atoms with Crippen LogP contribution in [0, 0.1) is 0 Å². The highest BCUT2D eigenvalue weighted by molar-refractivity contribution is 6.32. The summed E-state index contributed by atoms with van der Waals surface area (Å²) in [6, 6.07) is 12.6. The van der Waals surface area contributed by atoms with Gasteiger partial charge in [-0.2, -0.15) is 0 Å².